The molecule has 0 saturated carbocycles. The van der Waals surface area contributed by atoms with Crippen molar-refractivity contribution < 1.29 is 4.79 Å². The number of hydrogen-bond acceptors (Lipinski definition) is 2. The van der Waals surface area contributed by atoms with Gasteiger partial charge in [0.1, 0.15) is 0 Å². The number of carbonyl (C=O) groups is 1. The third-order valence-corrected chi connectivity index (χ3v) is 5.71. The fourth-order valence-corrected chi connectivity index (χ4v) is 3.78. The Hall–Kier alpha value is -3.69. The Morgan fingerprint density at radius 3 is 2.15 bits per heavy atom. The largest absolute Gasteiger partial charge is 0.334 e. The van der Waals surface area contributed by atoms with Gasteiger partial charge in [-0.05, 0) is 41.0 Å². The maximum atomic E-state index is 13.3. The number of pyridine rings is 1. The van der Waals surface area contributed by atoms with Gasteiger partial charge in [-0.25, -0.2) is 0 Å². The van der Waals surface area contributed by atoms with Gasteiger partial charge in [-0.2, -0.15) is 0 Å². The SMILES string of the molecule is O=C(c1ccccc1Cl)N(CCc1ccccn1)Cc1ccc(/C=C/c2ccccc2)cc1. The highest BCUT2D eigenvalue weighted by molar-refractivity contribution is 6.33. The lowest BCUT2D eigenvalue weighted by atomic mass is 10.1. The van der Waals surface area contributed by atoms with E-state index in [9.17, 15) is 4.79 Å². The van der Waals surface area contributed by atoms with Crippen LogP contribution in [0.3, 0.4) is 0 Å². The van der Waals surface area contributed by atoms with Crippen LogP contribution in [0.4, 0.5) is 0 Å². The molecule has 0 spiro atoms. The van der Waals surface area contributed by atoms with Gasteiger partial charge in [-0.3, -0.25) is 9.78 Å². The van der Waals surface area contributed by atoms with Crippen LogP contribution in [0.1, 0.15) is 32.7 Å². The molecule has 4 heteroatoms. The van der Waals surface area contributed by atoms with Gasteiger partial charge >= 0.3 is 0 Å². The minimum Gasteiger partial charge on any atom is -0.334 e. The zero-order valence-corrected chi connectivity index (χ0v) is 19.0. The zero-order valence-electron chi connectivity index (χ0n) is 18.3. The first kappa shape index (κ1) is 22.5. The topological polar surface area (TPSA) is 33.2 Å². The van der Waals surface area contributed by atoms with Crippen LogP contribution in [0.5, 0.6) is 0 Å². The number of amides is 1. The molecule has 3 aromatic carbocycles. The van der Waals surface area contributed by atoms with Crippen molar-refractivity contribution in [3.05, 3.63) is 136 Å². The van der Waals surface area contributed by atoms with Crippen molar-refractivity contribution >= 4 is 29.7 Å². The molecule has 4 rings (SSSR count). The number of benzene rings is 3. The summed E-state index contributed by atoms with van der Waals surface area (Å²) in [5.74, 6) is -0.0791. The molecule has 0 fully saturated rings. The summed E-state index contributed by atoms with van der Waals surface area (Å²) in [6.07, 6.45) is 6.63. The van der Waals surface area contributed by atoms with E-state index in [0.717, 1.165) is 22.4 Å². The van der Waals surface area contributed by atoms with Gasteiger partial charge in [-0.1, -0.05) is 96.5 Å². The highest BCUT2D eigenvalue weighted by Crippen LogP contribution is 2.19. The molecule has 0 radical (unpaired) electrons. The first-order chi connectivity index (χ1) is 16.2. The molecule has 3 nitrogen and oxygen atoms in total. The van der Waals surface area contributed by atoms with E-state index < -0.39 is 0 Å². The van der Waals surface area contributed by atoms with E-state index in [2.05, 4.69) is 53.5 Å². The Balaban J connectivity index is 1.49. The van der Waals surface area contributed by atoms with Gasteiger partial charge in [0.2, 0.25) is 0 Å². The van der Waals surface area contributed by atoms with E-state index in [1.54, 1.807) is 18.3 Å². The molecule has 0 aliphatic heterocycles. The molecule has 0 aliphatic rings. The third-order valence-electron chi connectivity index (χ3n) is 5.38. The predicted octanol–water partition coefficient (Wildman–Crippen LogP) is 6.79. The lowest BCUT2D eigenvalue weighted by molar-refractivity contribution is 0.0745. The smallest absolute Gasteiger partial charge is 0.255 e. The third kappa shape index (κ3) is 6.41. The second-order valence-electron chi connectivity index (χ2n) is 7.76. The van der Waals surface area contributed by atoms with Gasteiger partial charge in [0, 0.05) is 31.4 Å². The van der Waals surface area contributed by atoms with Crippen LogP contribution < -0.4 is 0 Å². The first-order valence-electron chi connectivity index (χ1n) is 10.9. The summed E-state index contributed by atoms with van der Waals surface area (Å²) in [4.78, 5) is 19.6. The monoisotopic (exact) mass is 452 g/mol. The van der Waals surface area contributed by atoms with Crippen LogP contribution in [0.15, 0.2) is 103 Å². The van der Waals surface area contributed by atoms with Crippen molar-refractivity contribution in [2.45, 2.75) is 13.0 Å². The Kier molecular flexibility index (Phi) is 7.68. The Labute approximate surface area is 200 Å². The standard InChI is InChI=1S/C29H25ClN2O/c30-28-12-5-4-11-27(28)29(33)32(21-19-26-10-6-7-20-31-26)22-25-17-15-24(16-18-25)14-13-23-8-2-1-3-9-23/h1-18,20H,19,21-22H2/b14-13+. The predicted molar refractivity (Wildman–Crippen MR) is 136 cm³/mol. The summed E-state index contributed by atoms with van der Waals surface area (Å²) >= 11 is 6.32. The molecule has 1 aromatic heterocycles. The number of carbonyl (C=O) groups excluding carboxylic acids is 1. The minimum atomic E-state index is -0.0791. The van der Waals surface area contributed by atoms with Gasteiger partial charge in [-0.15, -0.1) is 0 Å². The normalized spacial score (nSPS) is 10.9. The van der Waals surface area contributed by atoms with Crippen molar-refractivity contribution in [1.82, 2.24) is 9.88 Å². The summed E-state index contributed by atoms with van der Waals surface area (Å²) in [7, 11) is 0. The molecular weight excluding hydrogens is 428 g/mol. The summed E-state index contributed by atoms with van der Waals surface area (Å²) < 4.78 is 0. The molecule has 1 amide bonds. The van der Waals surface area contributed by atoms with E-state index in [1.165, 1.54) is 0 Å². The number of rotatable bonds is 8. The van der Waals surface area contributed by atoms with Crippen molar-refractivity contribution in [3.63, 3.8) is 0 Å². The maximum Gasteiger partial charge on any atom is 0.255 e. The quantitative estimate of drug-likeness (QED) is 0.276. The Morgan fingerprint density at radius 2 is 1.45 bits per heavy atom. The zero-order chi connectivity index (χ0) is 22.9. The van der Waals surface area contributed by atoms with Gasteiger partial charge in [0.05, 0.1) is 10.6 Å². The first-order valence-corrected chi connectivity index (χ1v) is 11.3. The van der Waals surface area contributed by atoms with E-state index in [4.69, 9.17) is 11.6 Å². The van der Waals surface area contributed by atoms with Crippen molar-refractivity contribution in [3.8, 4) is 0 Å². The van der Waals surface area contributed by atoms with Crippen LogP contribution >= 0.6 is 11.6 Å². The molecule has 4 aromatic rings. The lowest BCUT2D eigenvalue weighted by Gasteiger charge is -2.23. The summed E-state index contributed by atoms with van der Waals surface area (Å²) in [5, 5.41) is 0.465. The second-order valence-corrected chi connectivity index (χ2v) is 8.17. The van der Waals surface area contributed by atoms with E-state index in [-0.39, 0.29) is 5.91 Å². The fraction of sp³-hybridized carbons (Fsp3) is 0.103. The van der Waals surface area contributed by atoms with Crippen LogP contribution in [-0.2, 0) is 13.0 Å². The molecule has 0 unspecified atom stereocenters. The summed E-state index contributed by atoms with van der Waals surface area (Å²) in [6, 6.07) is 31.5. The van der Waals surface area contributed by atoms with E-state index >= 15 is 0 Å². The summed E-state index contributed by atoms with van der Waals surface area (Å²) in [5.41, 5.74) is 4.81. The average molecular weight is 453 g/mol. The molecule has 0 N–H and O–H groups in total. The molecule has 0 bridgehead atoms. The van der Waals surface area contributed by atoms with Crippen molar-refractivity contribution in [2.75, 3.05) is 6.54 Å². The van der Waals surface area contributed by atoms with Crippen LogP contribution in [0, 0.1) is 0 Å². The van der Waals surface area contributed by atoms with E-state index in [0.29, 0.717) is 30.1 Å². The van der Waals surface area contributed by atoms with Crippen LogP contribution in [-0.4, -0.2) is 22.3 Å². The van der Waals surface area contributed by atoms with Gasteiger partial charge in [0.25, 0.3) is 5.91 Å². The lowest BCUT2D eigenvalue weighted by Crippen LogP contribution is -2.32. The van der Waals surface area contributed by atoms with E-state index in [1.807, 2.05) is 53.4 Å². The van der Waals surface area contributed by atoms with Crippen LogP contribution in [0.25, 0.3) is 12.2 Å². The number of halogens is 1. The fourth-order valence-electron chi connectivity index (χ4n) is 3.56. The van der Waals surface area contributed by atoms with Crippen molar-refractivity contribution in [1.29, 1.82) is 0 Å². The second kappa shape index (κ2) is 11.3. The molecule has 164 valence electrons. The van der Waals surface area contributed by atoms with Crippen LogP contribution in [0.2, 0.25) is 5.02 Å². The van der Waals surface area contributed by atoms with Gasteiger partial charge in [0.15, 0.2) is 0 Å². The molecule has 0 saturated heterocycles. The molecule has 0 aliphatic carbocycles. The molecule has 1 heterocycles. The highest BCUT2D eigenvalue weighted by atomic mass is 35.5. The Morgan fingerprint density at radius 1 is 0.788 bits per heavy atom. The molecular formula is C29H25ClN2O. The maximum absolute atomic E-state index is 13.3. The number of nitrogens with zero attached hydrogens (tertiary/aromatic N) is 2. The highest BCUT2D eigenvalue weighted by Gasteiger charge is 2.18. The number of hydrogen-bond donors (Lipinski definition) is 0. The minimum absolute atomic E-state index is 0.0791. The number of aromatic nitrogens is 1. The summed E-state index contributed by atoms with van der Waals surface area (Å²) in [6.45, 7) is 1.05. The average Bonchev–Trinajstić information content (AvgIpc) is 2.87. The Bertz CT molecular complexity index is 1210. The molecule has 33 heavy (non-hydrogen) atoms. The van der Waals surface area contributed by atoms with Gasteiger partial charge < -0.3 is 4.90 Å². The molecule has 0 atom stereocenters. The van der Waals surface area contributed by atoms with Crippen molar-refractivity contribution in [2.24, 2.45) is 0 Å².